The van der Waals surface area contributed by atoms with Crippen molar-refractivity contribution < 1.29 is 9.84 Å². The SMILES string of the molecule is Oc1ccc2c(c1)CCC1CC[C@@]3(CCCO3)CC21. The molecule has 0 aromatic heterocycles. The largest absolute Gasteiger partial charge is 0.508 e. The zero-order valence-electron chi connectivity index (χ0n) is 11.4. The molecule has 3 aliphatic rings. The Morgan fingerprint density at radius 1 is 1.21 bits per heavy atom. The van der Waals surface area contributed by atoms with Gasteiger partial charge in [-0.2, -0.15) is 0 Å². The van der Waals surface area contributed by atoms with E-state index in [0.717, 1.165) is 18.9 Å². The molecule has 2 unspecified atom stereocenters. The van der Waals surface area contributed by atoms with Gasteiger partial charge in [0.2, 0.25) is 0 Å². The average molecular weight is 258 g/mol. The molecule has 19 heavy (non-hydrogen) atoms. The van der Waals surface area contributed by atoms with Crippen LogP contribution < -0.4 is 0 Å². The van der Waals surface area contributed by atoms with E-state index < -0.39 is 0 Å². The topological polar surface area (TPSA) is 29.5 Å². The number of hydrogen-bond acceptors (Lipinski definition) is 2. The van der Waals surface area contributed by atoms with Crippen LogP contribution in [0.4, 0.5) is 0 Å². The second-order valence-corrected chi connectivity index (χ2v) is 6.67. The molecule has 102 valence electrons. The number of ether oxygens (including phenoxy) is 1. The fourth-order valence-corrected chi connectivity index (χ4v) is 4.65. The molecule has 2 aliphatic carbocycles. The summed E-state index contributed by atoms with van der Waals surface area (Å²) >= 11 is 0. The van der Waals surface area contributed by atoms with Crippen molar-refractivity contribution in [3.8, 4) is 5.75 Å². The Bertz CT molecular complexity index is 488. The van der Waals surface area contributed by atoms with Gasteiger partial charge in [-0.05, 0) is 80.0 Å². The van der Waals surface area contributed by atoms with E-state index in [1.54, 1.807) is 0 Å². The molecule has 1 aliphatic heterocycles. The number of aryl methyl sites for hydroxylation is 1. The summed E-state index contributed by atoms with van der Waals surface area (Å²) in [4.78, 5) is 0. The molecule has 0 bridgehead atoms. The van der Waals surface area contributed by atoms with E-state index in [9.17, 15) is 5.11 Å². The first-order valence-electron chi connectivity index (χ1n) is 7.72. The monoisotopic (exact) mass is 258 g/mol. The smallest absolute Gasteiger partial charge is 0.115 e. The van der Waals surface area contributed by atoms with Crippen molar-refractivity contribution in [3.63, 3.8) is 0 Å². The minimum absolute atomic E-state index is 0.188. The first-order chi connectivity index (χ1) is 9.26. The Labute approximate surface area is 114 Å². The van der Waals surface area contributed by atoms with Crippen molar-refractivity contribution in [1.29, 1.82) is 0 Å². The van der Waals surface area contributed by atoms with Crippen molar-refractivity contribution >= 4 is 0 Å². The van der Waals surface area contributed by atoms with Crippen molar-refractivity contribution in [2.24, 2.45) is 5.92 Å². The van der Waals surface area contributed by atoms with Gasteiger partial charge in [0, 0.05) is 6.61 Å². The lowest BCUT2D eigenvalue weighted by molar-refractivity contribution is -0.0447. The van der Waals surface area contributed by atoms with Gasteiger partial charge in [0.25, 0.3) is 0 Å². The molecular formula is C17H22O2. The van der Waals surface area contributed by atoms with Crippen molar-refractivity contribution in [2.45, 2.75) is 56.5 Å². The van der Waals surface area contributed by atoms with Gasteiger partial charge in [-0.3, -0.25) is 0 Å². The predicted octanol–water partition coefficient (Wildman–Crippen LogP) is 3.77. The molecule has 1 aromatic rings. The molecule has 1 saturated carbocycles. The van der Waals surface area contributed by atoms with Crippen LogP contribution in [0.5, 0.6) is 5.75 Å². The third-order valence-corrected chi connectivity index (χ3v) is 5.63. The van der Waals surface area contributed by atoms with Crippen LogP contribution in [0.3, 0.4) is 0 Å². The Morgan fingerprint density at radius 2 is 2.16 bits per heavy atom. The normalized spacial score (nSPS) is 37.1. The maximum Gasteiger partial charge on any atom is 0.115 e. The summed E-state index contributed by atoms with van der Waals surface area (Å²) in [6.45, 7) is 0.958. The number of aromatic hydroxyl groups is 1. The van der Waals surface area contributed by atoms with Crippen molar-refractivity contribution in [2.75, 3.05) is 6.61 Å². The summed E-state index contributed by atoms with van der Waals surface area (Å²) in [5.74, 6) is 1.92. The van der Waals surface area contributed by atoms with E-state index in [-0.39, 0.29) is 5.60 Å². The molecule has 1 saturated heterocycles. The molecular weight excluding hydrogens is 236 g/mol. The van der Waals surface area contributed by atoms with Crippen LogP contribution in [0.1, 0.15) is 55.6 Å². The lowest BCUT2D eigenvalue weighted by Gasteiger charge is -2.45. The van der Waals surface area contributed by atoms with E-state index >= 15 is 0 Å². The summed E-state index contributed by atoms with van der Waals surface area (Å²) in [7, 11) is 0. The number of rotatable bonds is 0. The fourth-order valence-electron chi connectivity index (χ4n) is 4.65. The highest BCUT2D eigenvalue weighted by molar-refractivity contribution is 5.40. The predicted molar refractivity (Wildman–Crippen MR) is 74.4 cm³/mol. The first-order valence-corrected chi connectivity index (χ1v) is 7.72. The zero-order chi connectivity index (χ0) is 12.9. The molecule has 1 aromatic carbocycles. The standard InChI is InChI=1S/C17H22O2/c18-14-4-5-15-13(10-14)3-2-12-6-8-17(11-16(12)15)7-1-9-19-17/h4-5,10,12,16,18H,1-3,6-9,11H2/t12?,16?,17-/m0/s1. The minimum atomic E-state index is 0.188. The Kier molecular flexibility index (Phi) is 2.63. The van der Waals surface area contributed by atoms with Gasteiger partial charge in [0.05, 0.1) is 5.60 Å². The van der Waals surface area contributed by atoms with Crippen molar-refractivity contribution in [1.82, 2.24) is 0 Å². The Morgan fingerprint density at radius 3 is 3.00 bits per heavy atom. The van der Waals surface area contributed by atoms with E-state index in [2.05, 4.69) is 6.07 Å². The van der Waals surface area contributed by atoms with Crippen LogP contribution >= 0.6 is 0 Å². The summed E-state index contributed by atoms with van der Waals surface area (Å²) < 4.78 is 6.12. The first kappa shape index (κ1) is 11.8. The fraction of sp³-hybridized carbons (Fsp3) is 0.647. The lowest BCUT2D eigenvalue weighted by Crippen LogP contribution is -2.39. The number of fused-ring (bicyclic) bond motifs is 3. The van der Waals surface area contributed by atoms with Gasteiger partial charge in [0.1, 0.15) is 5.75 Å². The Balaban J connectivity index is 1.68. The van der Waals surface area contributed by atoms with Gasteiger partial charge in [-0.1, -0.05) is 6.07 Å². The maximum absolute atomic E-state index is 9.66. The van der Waals surface area contributed by atoms with Gasteiger partial charge in [-0.25, -0.2) is 0 Å². The third kappa shape index (κ3) is 1.88. The number of benzene rings is 1. The Hall–Kier alpha value is -1.02. The van der Waals surface area contributed by atoms with E-state index in [1.807, 2.05) is 12.1 Å². The van der Waals surface area contributed by atoms with Gasteiger partial charge in [-0.15, -0.1) is 0 Å². The van der Waals surface area contributed by atoms with E-state index in [0.29, 0.717) is 11.7 Å². The van der Waals surface area contributed by atoms with Crippen LogP contribution in [0.15, 0.2) is 18.2 Å². The van der Waals surface area contributed by atoms with Gasteiger partial charge < -0.3 is 9.84 Å². The molecule has 1 heterocycles. The summed E-state index contributed by atoms with van der Waals surface area (Å²) in [5, 5.41) is 9.66. The molecule has 3 atom stereocenters. The zero-order valence-corrected chi connectivity index (χ0v) is 11.4. The molecule has 0 amide bonds. The van der Waals surface area contributed by atoms with E-state index in [4.69, 9.17) is 4.74 Å². The maximum atomic E-state index is 9.66. The highest BCUT2D eigenvalue weighted by Crippen LogP contribution is 2.52. The summed E-state index contributed by atoms with van der Waals surface area (Å²) in [5.41, 5.74) is 3.05. The highest BCUT2D eigenvalue weighted by Gasteiger charge is 2.45. The summed E-state index contributed by atoms with van der Waals surface area (Å²) in [6.07, 6.45) is 8.71. The number of hydrogen-bond donors (Lipinski definition) is 1. The van der Waals surface area contributed by atoms with Crippen LogP contribution in [0.2, 0.25) is 0 Å². The number of phenols is 1. The van der Waals surface area contributed by atoms with Gasteiger partial charge in [0.15, 0.2) is 0 Å². The van der Waals surface area contributed by atoms with Crippen LogP contribution in [-0.2, 0) is 11.2 Å². The molecule has 4 rings (SSSR count). The quantitative estimate of drug-likeness (QED) is 0.767. The molecule has 2 heteroatoms. The highest BCUT2D eigenvalue weighted by atomic mass is 16.5. The molecule has 1 N–H and O–H groups in total. The second kappa shape index (κ2) is 4.24. The summed E-state index contributed by atoms with van der Waals surface area (Å²) in [6, 6.07) is 6.00. The third-order valence-electron chi connectivity index (χ3n) is 5.63. The van der Waals surface area contributed by atoms with Crippen molar-refractivity contribution in [3.05, 3.63) is 29.3 Å². The van der Waals surface area contributed by atoms with Crippen LogP contribution in [0, 0.1) is 5.92 Å². The van der Waals surface area contributed by atoms with Crippen LogP contribution in [-0.4, -0.2) is 17.3 Å². The van der Waals surface area contributed by atoms with Crippen LogP contribution in [0.25, 0.3) is 0 Å². The second-order valence-electron chi connectivity index (χ2n) is 6.67. The van der Waals surface area contributed by atoms with Gasteiger partial charge >= 0.3 is 0 Å². The molecule has 2 nitrogen and oxygen atoms in total. The molecule has 2 fully saturated rings. The average Bonchev–Trinajstić information content (AvgIpc) is 2.86. The van der Waals surface area contributed by atoms with E-state index in [1.165, 1.54) is 49.7 Å². The molecule has 1 spiro atoms. The molecule has 0 radical (unpaired) electrons. The lowest BCUT2D eigenvalue weighted by atomic mass is 9.63. The number of phenolic OH excluding ortho intramolecular Hbond substituents is 1. The minimum Gasteiger partial charge on any atom is -0.508 e.